The normalized spacial score (nSPS) is 20.4. The van der Waals surface area contributed by atoms with E-state index in [4.69, 9.17) is 20.4 Å². The lowest BCUT2D eigenvalue weighted by molar-refractivity contribution is -0.192. The minimum absolute atomic E-state index is 0.168. The quantitative estimate of drug-likeness (QED) is 0.149. The van der Waals surface area contributed by atoms with Crippen molar-refractivity contribution in [3.8, 4) is 0 Å². The van der Waals surface area contributed by atoms with Crippen molar-refractivity contribution in [2.24, 2.45) is 0 Å². The van der Waals surface area contributed by atoms with E-state index in [1.807, 2.05) is 25.1 Å². The summed E-state index contributed by atoms with van der Waals surface area (Å²) in [5.74, 6) is -1.37. The summed E-state index contributed by atoms with van der Waals surface area (Å²) in [5.41, 5.74) is 6.78. The molecule has 4 aromatic heterocycles. The lowest BCUT2D eigenvalue weighted by Gasteiger charge is -2.16. The Morgan fingerprint density at radius 3 is 2.51 bits per heavy atom. The van der Waals surface area contributed by atoms with Crippen LogP contribution in [-0.2, 0) is 16.1 Å². The van der Waals surface area contributed by atoms with Crippen LogP contribution in [-0.4, -0.2) is 97.5 Å². The summed E-state index contributed by atoms with van der Waals surface area (Å²) in [6, 6.07) is 5.60. The van der Waals surface area contributed by atoms with Crippen LogP contribution in [0.15, 0.2) is 30.7 Å². The van der Waals surface area contributed by atoms with Gasteiger partial charge in [-0.05, 0) is 24.3 Å². The average Bonchev–Trinajstić information content (AvgIpc) is 3.65. The number of aliphatic carboxylic acids is 1. The number of alkyl halides is 3. The van der Waals surface area contributed by atoms with Gasteiger partial charge in [-0.15, -0.1) is 10.2 Å². The van der Waals surface area contributed by atoms with E-state index < -0.39 is 36.7 Å². The van der Waals surface area contributed by atoms with Gasteiger partial charge in [0.2, 0.25) is 11.8 Å². The molecule has 0 unspecified atom stereocenters. The van der Waals surface area contributed by atoms with Crippen molar-refractivity contribution in [1.29, 1.82) is 0 Å². The van der Waals surface area contributed by atoms with Gasteiger partial charge in [-0.3, -0.25) is 4.57 Å². The number of tetrazole rings is 1. The van der Waals surface area contributed by atoms with E-state index in [-0.39, 0.29) is 17.6 Å². The van der Waals surface area contributed by atoms with E-state index >= 15 is 0 Å². The highest BCUT2D eigenvalue weighted by molar-refractivity contribution is 5.83. The summed E-state index contributed by atoms with van der Waals surface area (Å²) in [6.07, 6.45) is -6.46. The number of fused-ring (bicyclic) bond motifs is 1. The average molecular weight is 583 g/mol. The minimum Gasteiger partial charge on any atom is -0.475 e. The maximum absolute atomic E-state index is 10.7. The van der Waals surface area contributed by atoms with Gasteiger partial charge in [-0.25, -0.2) is 14.8 Å². The Morgan fingerprint density at radius 2 is 1.88 bits per heavy atom. The van der Waals surface area contributed by atoms with Crippen molar-refractivity contribution in [1.82, 2.24) is 44.7 Å². The molecule has 1 aliphatic rings. The lowest BCUT2D eigenvalue weighted by Crippen LogP contribution is -2.29. The van der Waals surface area contributed by atoms with E-state index in [2.05, 4.69) is 46.0 Å². The molecular weight excluding hydrogens is 557 g/mol. The number of nitrogens with zero attached hydrogens (tertiary/aromatic N) is 9. The first kappa shape index (κ1) is 29.3. The van der Waals surface area contributed by atoms with Gasteiger partial charge < -0.3 is 36.4 Å². The first-order valence-electron chi connectivity index (χ1n) is 12.0. The number of carbonyl (C=O) groups is 1. The molecule has 220 valence electrons. The zero-order chi connectivity index (χ0) is 29.7. The number of aliphatic hydroxyl groups is 2. The number of pyridine rings is 1. The number of ether oxygens (including phenoxy) is 1. The van der Waals surface area contributed by atoms with Crippen molar-refractivity contribution in [3.05, 3.63) is 36.5 Å². The number of aromatic nitrogens is 9. The largest absolute Gasteiger partial charge is 0.490 e. The number of rotatable bonds is 8. The molecule has 1 saturated heterocycles. The number of hydrogen-bond donors (Lipinski definition) is 6. The van der Waals surface area contributed by atoms with Gasteiger partial charge in [0.1, 0.15) is 23.5 Å². The number of imidazole rings is 1. The fraction of sp³-hybridized carbons (Fsp3) is 0.429. The second kappa shape index (κ2) is 12.2. The molecule has 0 bridgehead atoms. The molecule has 0 amide bonds. The van der Waals surface area contributed by atoms with Gasteiger partial charge in [0.15, 0.2) is 23.8 Å². The maximum Gasteiger partial charge on any atom is 0.490 e. The van der Waals surface area contributed by atoms with Gasteiger partial charge in [-0.1, -0.05) is 6.07 Å². The number of halogens is 3. The fourth-order valence-corrected chi connectivity index (χ4v) is 3.64. The molecule has 20 heteroatoms. The minimum atomic E-state index is -5.08. The van der Waals surface area contributed by atoms with Crippen LogP contribution in [0, 0.1) is 0 Å². The zero-order valence-corrected chi connectivity index (χ0v) is 21.2. The smallest absolute Gasteiger partial charge is 0.475 e. The van der Waals surface area contributed by atoms with E-state index in [1.165, 1.54) is 15.7 Å². The molecule has 0 aromatic carbocycles. The molecule has 5 heterocycles. The van der Waals surface area contributed by atoms with Crippen LogP contribution in [0.5, 0.6) is 0 Å². The molecule has 0 aliphatic carbocycles. The molecule has 0 saturated carbocycles. The van der Waals surface area contributed by atoms with Crippen molar-refractivity contribution in [3.63, 3.8) is 0 Å². The first-order valence-corrected chi connectivity index (χ1v) is 12.0. The Balaban J connectivity index is 0.000000493. The number of anilines is 3. The van der Waals surface area contributed by atoms with E-state index in [9.17, 15) is 23.4 Å². The van der Waals surface area contributed by atoms with Crippen molar-refractivity contribution >= 4 is 34.7 Å². The summed E-state index contributed by atoms with van der Waals surface area (Å²) in [5, 5.41) is 46.6. The van der Waals surface area contributed by atoms with Crippen LogP contribution in [0.4, 0.5) is 30.8 Å². The van der Waals surface area contributed by atoms with E-state index in [0.717, 1.165) is 5.82 Å². The highest BCUT2D eigenvalue weighted by atomic mass is 19.4. The Labute approximate surface area is 228 Å². The highest BCUT2D eigenvalue weighted by Gasteiger charge is 2.47. The third kappa shape index (κ3) is 6.73. The summed E-state index contributed by atoms with van der Waals surface area (Å²) < 4.78 is 39.2. The number of nitrogens with one attached hydrogen (secondary N) is 2. The van der Waals surface area contributed by atoms with Gasteiger partial charge in [0, 0.05) is 19.3 Å². The monoisotopic (exact) mass is 582 g/mol. The molecule has 41 heavy (non-hydrogen) atoms. The predicted molar refractivity (Wildman–Crippen MR) is 133 cm³/mol. The van der Waals surface area contributed by atoms with Crippen LogP contribution in [0.25, 0.3) is 11.2 Å². The number of nitrogens with two attached hydrogens (primary N) is 1. The topological polar surface area (TPSA) is 237 Å². The van der Waals surface area contributed by atoms with Crippen LogP contribution in [0.1, 0.15) is 25.1 Å². The third-order valence-electron chi connectivity index (χ3n) is 5.59. The van der Waals surface area contributed by atoms with Crippen molar-refractivity contribution in [2.45, 2.75) is 44.2 Å². The Kier molecular flexibility index (Phi) is 8.74. The lowest BCUT2D eigenvalue weighted by atomic mass is 10.1. The summed E-state index contributed by atoms with van der Waals surface area (Å²) in [7, 11) is 0. The van der Waals surface area contributed by atoms with Crippen LogP contribution in [0.3, 0.4) is 0 Å². The molecule has 0 radical (unpaired) electrons. The van der Waals surface area contributed by atoms with Gasteiger partial charge >= 0.3 is 12.1 Å². The fourth-order valence-electron chi connectivity index (χ4n) is 3.64. The Morgan fingerprint density at radius 1 is 1.15 bits per heavy atom. The highest BCUT2D eigenvalue weighted by Crippen LogP contribution is 2.38. The molecule has 17 nitrogen and oxygen atoms in total. The standard InChI is InChI=1S/C19H24N12O3.C2HF3O2/c1-2-31-28-16(27-29-31)14-12(32)13(33)18(34-14)30-9-24-11-15(20)25-19(26-17(11)30)23-8-7-22-10-5-3-4-6-21-10;3-2(4,5)1(6)7/h3-6,9,12-14,18,32-33H,2,7-8H2,1H3,(H,21,22)(H3,20,23,25,26);(H,6,7)/t12-,13+,14-,18+;/m0./s1. The molecular formula is C21H25F3N12O5. The van der Waals surface area contributed by atoms with Crippen LogP contribution < -0.4 is 16.4 Å². The zero-order valence-electron chi connectivity index (χ0n) is 21.2. The number of aliphatic hydroxyl groups excluding tert-OH is 2. The number of nitrogen functional groups attached to an aromatic ring is 1. The number of hydrogen-bond acceptors (Lipinski definition) is 14. The van der Waals surface area contributed by atoms with Gasteiger partial charge in [0.05, 0.1) is 12.9 Å². The molecule has 7 N–H and O–H groups in total. The number of aryl methyl sites for hydroxylation is 1. The van der Waals surface area contributed by atoms with Crippen LogP contribution in [0.2, 0.25) is 0 Å². The molecule has 1 fully saturated rings. The molecule has 4 atom stereocenters. The summed E-state index contributed by atoms with van der Waals surface area (Å²) in [6.45, 7) is 3.44. The van der Waals surface area contributed by atoms with Crippen molar-refractivity contribution in [2.75, 3.05) is 29.5 Å². The first-order chi connectivity index (χ1) is 19.5. The SMILES string of the molecule is CCn1nnc([C@H]2O[C@@H](n3cnc4c(N)nc(NCCNc5ccccn5)nc43)[C@H](O)[C@@H]2O)n1.O=C(O)C(F)(F)F. The number of carboxylic acid groups (broad SMARTS) is 1. The van der Waals surface area contributed by atoms with E-state index in [1.54, 1.807) is 6.20 Å². The van der Waals surface area contributed by atoms with E-state index in [0.29, 0.717) is 30.8 Å². The summed E-state index contributed by atoms with van der Waals surface area (Å²) >= 11 is 0. The molecule has 0 spiro atoms. The van der Waals surface area contributed by atoms with Crippen molar-refractivity contribution < 1.29 is 38.0 Å². The van der Waals surface area contributed by atoms with Gasteiger partial charge in [0.25, 0.3) is 0 Å². The van der Waals surface area contributed by atoms with Crippen LogP contribution >= 0.6 is 0 Å². The molecule has 4 aromatic rings. The summed E-state index contributed by atoms with van der Waals surface area (Å²) in [4.78, 5) is 27.5. The molecule has 1 aliphatic heterocycles. The molecule has 5 rings (SSSR count). The number of carboxylic acids is 1. The Bertz CT molecular complexity index is 1470. The Hall–Kier alpha value is -4.69. The van der Waals surface area contributed by atoms with Gasteiger partial charge in [-0.2, -0.15) is 27.9 Å². The second-order valence-corrected chi connectivity index (χ2v) is 8.39. The predicted octanol–water partition coefficient (Wildman–Crippen LogP) is -0.0409. The second-order valence-electron chi connectivity index (χ2n) is 8.39. The third-order valence-corrected chi connectivity index (χ3v) is 5.59. The maximum atomic E-state index is 10.7.